The molecule has 0 saturated heterocycles. The van der Waals surface area contributed by atoms with Gasteiger partial charge < -0.3 is 4.74 Å². The number of benzene rings is 1. The molecule has 0 radical (unpaired) electrons. The van der Waals surface area contributed by atoms with Crippen LogP contribution in [0.2, 0.25) is 0 Å². The fourth-order valence-corrected chi connectivity index (χ4v) is 3.14. The molecule has 0 atom stereocenters. The van der Waals surface area contributed by atoms with Crippen molar-refractivity contribution < 1.29 is 4.74 Å². The second-order valence-corrected chi connectivity index (χ2v) is 5.83. The van der Waals surface area contributed by atoms with Crippen LogP contribution >= 0.6 is 15.9 Å². The molecule has 1 aliphatic carbocycles. The number of ether oxygens (including phenoxy) is 1. The van der Waals surface area contributed by atoms with E-state index in [0.717, 1.165) is 17.9 Å². The van der Waals surface area contributed by atoms with Crippen LogP contribution in [0.1, 0.15) is 38.2 Å². The van der Waals surface area contributed by atoms with Gasteiger partial charge >= 0.3 is 0 Å². The fraction of sp³-hybridized carbons (Fsp3) is 0.600. The van der Waals surface area contributed by atoms with Gasteiger partial charge in [0.05, 0.1) is 12.2 Å². The van der Waals surface area contributed by atoms with Crippen LogP contribution < -0.4 is 0 Å². The topological polar surface area (TPSA) is 9.23 Å². The van der Waals surface area contributed by atoms with E-state index in [1.165, 1.54) is 31.2 Å². The number of halogens is 1. The Morgan fingerprint density at radius 3 is 2.47 bits per heavy atom. The maximum atomic E-state index is 6.21. The lowest BCUT2D eigenvalue weighted by atomic mass is 9.80. The third-order valence-corrected chi connectivity index (χ3v) is 4.84. The predicted molar refractivity (Wildman–Crippen MR) is 75.4 cm³/mol. The van der Waals surface area contributed by atoms with E-state index in [0.29, 0.717) is 0 Å². The highest BCUT2D eigenvalue weighted by Gasteiger charge is 2.34. The molecular weight excluding hydrogens is 276 g/mol. The maximum Gasteiger partial charge on any atom is 0.0783 e. The van der Waals surface area contributed by atoms with Crippen LogP contribution in [0.15, 0.2) is 30.3 Å². The summed E-state index contributed by atoms with van der Waals surface area (Å²) in [7, 11) is 0. The first-order chi connectivity index (χ1) is 8.24. The molecule has 2 heteroatoms. The molecule has 0 bridgehead atoms. The van der Waals surface area contributed by atoms with E-state index in [-0.39, 0.29) is 5.60 Å². The van der Waals surface area contributed by atoms with Crippen molar-refractivity contribution >= 4 is 15.9 Å². The van der Waals surface area contributed by atoms with Gasteiger partial charge in [0.2, 0.25) is 0 Å². The molecule has 1 saturated carbocycles. The molecule has 1 aromatic carbocycles. The minimum atomic E-state index is 0.0718. The fourth-order valence-electron chi connectivity index (χ4n) is 2.42. The molecule has 0 spiro atoms. The molecule has 0 aliphatic heterocycles. The molecule has 0 amide bonds. The van der Waals surface area contributed by atoms with Crippen molar-refractivity contribution in [3.8, 4) is 0 Å². The first kappa shape index (κ1) is 13.1. The van der Waals surface area contributed by atoms with E-state index >= 15 is 0 Å². The Hall–Kier alpha value is -0.340. The molecule has 2 rings (SSSR count). The standard InChI is InChI=1S/C15H21BrO/c1-13-7-9-15(12-16,10-8-13)17-11-14-5-3-2-4-6-14/h2-6,13H,7-12H2,1H3. The average molecular weight is 297 g/mol. The van der Waals surface area contributed by atoms with E-state index in [2.05, 4.69) is 47.1 Å². The monoisotopic (exact) mass is 296 g/mol. The Morgan fingerprint density at radius 1 is 1.24 bits per heavy atom. The number of rotatable bonds is 4. The average Bonchev–Trinajstić information content (AvgIpc) is 2.40. The predicted octanol–water partition coefficient (Wildman–Crippen LogP) is 4.55. The van der Waals surface area contributed by atoms with E-state index in [1.807, 2.05) is 6.07 Å². The number of hydrogen-bond acceptors (Lipinski definition) is 1. The lowest BCUT2D eigenvalue weighted by Gasteiger charge is -2.38. The summed E-state index contributed by atoms with van der Waals surface area (Å²) in [4.78, 5) is 0. The van der Waals surface area contributed by atoms with Gasteiger partial charge in [0.1, 0.15) is 0 Å². The van der Waals surface area contributed by atoms with Crippen LogP contribution in [0.4, 0.5) is 0 Å². The Bertz CT molecular complexity index is 328. The van der Waals surface area contributed by atoms with Crippen molar-refractivity contribution in [1.82, 2.24) is 0 Å². The van der Waals surface area contributed by atoms with Crippen molar-refractivity contribution in [1.29, 1.82) is 0 Å². The molecule has 0 unspecified atom stereocenters. The van der Waals surface area contributed by atoms with Gasteiger partial charge in [-0.05, 0) is 37.2 Å². The Kier molecular flexibility index (Phi) is 4.63. The van der Waals surface area contributed by atoms with Gasteiger partial charge in [-0.1, -0.05) is 53.2 Å². The first-order valence-corrected chi connectivity index (χ1v) is 7.60. The van der Waals surface area contributed by atoms with Gasteiger partial charge in [-0.2, -0.15) is 0 Å². The second kappa shape index (κ2) is 6.01. The highest BCUT2D eigenvalue weighted by Crippen LogP contribution is 2.36. The molecular formula is C15H21BrO. The summed E-state index contributed by atoms with van der Waals surface area (Å²) < 4.78 is 6.21. The SMILES string of the molecule is CC1CCC(CBr)(OCc2ccccc2)CC1. The summed E-state index contributed by atoms with van der Waals surface area (Å²) in [6.45, 7) is 3.08. The maximum absolute atomic E-state index is 6.21. The molecule has 0 N–H and O–H groups in total. The van der Waals surface area contributed by atoms with Crippen LogP contribution in [0, 0.1) is 5.92 Å². The molecule has 17 heavy (non-hydrogen) atoms. The van der Waals surface area contributed by atoms with Crippen LogP contribution in [0.3, 0.4) is 0 Å². The largest absolute Gasteiger partial charge is 0.369 e. The van der Waals surface area contributed by atoms with Gasteiger partial charge in [-0.15, -0.1) is 0 Å². The lowest BCUT2D eigenvalue weighted by molar-refractivity contribution is -0.0688. The summed E-state index contributed by atoms with van der Waals surface area (Å²) in [5.74, 6) is 0.863. The summed E-state index contributed by atoms with van der Waals surface area (Å²) in [5, 5.41) is 0.958. The first-order valence-electron chi connectivity index (χ1n) is 6.48. The van der Waals surface area contributed by atoms with Crippen molar-refractivity contribution in [2.45, 2.75) is 44.8 Å². The summed E-state index contributed by atoms with van der Waals surface area (Å²) >= 11 is 3.64. The molecule has 1 aliphatic rings. The van der Waals surface area contributed by atoms with Gasteiger partial charge in [0.25, 0.3) is 0 Å². The second-order valence-electron chi connectivity index (χ2n) is 5.27. The third-order valence-electron chi connectivity index (χ3n) is 3.82. The number of alkyl halides is 1. The Labute approximate surface area is 113 Å². The van der Waals surface area contributed by atoms with Crippen molar-refractivity contribution in [2.75, 3.05) is 5.33 Å². The third kappa shape index (κ3) is 3.56. The zero-order chi connectivity index (χ0) is 12.1. The van der Waals surface area contributed by atoms with E-state index in [4.69, 9.17) is 4.74 Å². The highest BCUT2D eigenvalue weighted by atomic mass is 79.9. The summed E-state index contributed by atoms with van der Waals surface area (Å²) in [6.07, 6.45) is 4.96. The van der Waals surface area contributed by atoms with Gasteiger partial charge in [0, 0.05) is 5.33 Å². The smallest absolute Gasteiger partial charge is 0.0783 e. The summed E-state index contributed by atoms with van der Waals surface area (Å²) in [6, 6.07) is 10.5. The van der Waals surface area contributed by atoms with Crippen molar-refractivity contribution in [2.24, 2.45) is 5.92 Å². The summed E-state index contributed by atoms with van der Waals surface area (Å²) in [5.41, 5.74) is 1.34. The quantitative estimate of drug-likeness (QED) is 0.741. The molecule has 1 fully saturated rings. The minimum absolute atomic E-state index is 0.0718. The van der Waals surface area contributed by atoms with E-state index in [1.54, 1.807) is 0 Å². The zero-order valence-electron chi connectivity index (χ0n) is 10.5. The van der Waals surface area contributed by atoms with Crippen LogP contribution in [0.5, 0.6) is 0 Å². The molecule has 0 aromatic heterocycles. The molecule has 94 valence electrons. The lowest BCUT2D eigenvalue weighted by Crippen LogP contribution is -2.38. The Morgan fingerprint density at radius 2 is 1.88 bits per heavy atom. The normalized spacial score (nSPS) is 29.2. The van der Waals surface area contributed by atoms with Gasteiger partial charge in [0.15, 0.2) is 0 Å². The van der Waals surface area contributed by atoms with E-state index in [9.17, 15) is 0 Å². The number of hydrogen-bond donors (Lipinski definition) is 0. The highest BCUT2D eigenvalue weighted by molar-refractivity contribution is 9.09. The van der Waals surface area contributed by atoms with Crippen LogP contribution in [0.25, 0.3) is 0 Å². The van der Waals surface area contributed by atoms with E-state index < -0.39 is 0 Å². The molecule has 1 nitrogen and oxygen atoms in total. The van der Waals surface area contributed by atoms with Crippen molar-refractivity contribution in [3.63, 3.8) is 0 Å². The van der Waals surface area contributed by atoms with Crippen LogP contribution in [-0.2, 0) is 11.3 Å². The van der Waals surface area contributed by atoms with Crippen LogP contribution in [-0.4, -0.2) is 10.9 Å². The minimum Gasteiger partial charge on any atom is -0.369 e. The van der Waals surface area contributed by atoms with Gasteiger partial charge in [-0.25, -0.2) is 0 Å². The Balaban J connectivity index is 1.91. The molecule has 1 aromatic rings. The molecule has 0 heterocycles. The van der Waals surface area contributed by atoms with Crippen molar-refractivity contribution in [3.05, 3.63) is 35.9 Å². The zero-order valence-corrected chi connectivity index (χ0v) is 12.1. The van der Waals surface area contributed by atoms with Gasteiger partial charge in [-0.3, -0.25) is 0 Å².